The lowest BCUT2D eigenvalue weighted by Crippen LogP contribution is -2.31. The number of nitrogens with one attached hydrogen (secondary N) is 2. The Morgan fingerprint density at radius 2 is 1.73 bits per heavy atom. The van der Waals surface area contributed by atoms with Gasteiger partial charge in [-0.05, 0) is 42.5 Å². The number of hydrogen-bond donors (Lipinski definition) is 2. The molecule has 0 saturated heterocycles. The van der Waals surface area contributed by atoms with Gasteiger partial charge in [-0.25, -0.2) is 32.8 Å². The van der Waals surface area contributed by atoms with Crippen LogP contribution in [0.4, 0.5) is 33.7 Å². The minimum atomic E-state index is -1.74. The van der Waals surface area contributed by atoms with Crippen LogP contribution in [-0.4, -0.2) is 24.2 Å². The first kappa shape index (κ1) is 22.3. The Morgan fingerprint density at radius 1 is 0.939 bits per heavy atom. The molecule has 0 fully saturated rings. The highest BCUT2D eigenvalue weighted by Gasteiger charge is 2.20. The number of hydrogen-bond acceptors (Lipinski definition) is 5. The van der Waals surface area contributed by atoms with E-state index in [9.17, 15) is 22.4 Å². The van der Waals surface area contributed by atoms with E-state index < -0.39 is 35.0 Å². The van der Waals surface area contributed by atoms with E-state index in [-0.39, 0.29) is 17.9 Å². The number of carbonyl (C=O) groups excluding carboxylic acids is 1. The fourth-order valence-corrected chi connectivity index (χ4v) is 3.19. The average Bonchev–Trinajstić information content (AvgIpc) is 2.97. The topological polar surface area (TPSA) is 75.1 Å². The van der Waals surface area contributed by atoms with Crippen LogP contribution in [0.3, 0.4) is 0 Å². The minimum absolute atomic E-state index is 0.0609. The molecule has 0 radical (unpaired) electrons. The predicted octanol–water partition coefficient (Wildman–Crippen LogP) is 5.53. The molecule has 1 aliphatic heterocycles. The molecule has 0 saturated carbocycles. The van der Waals surface area contributed by atoms with Crippen LogP contribution in [-0.2, 0) is 4.84 Å². The Kier molecular flexibility index (Phi) is 6.27. The van der Waals surface area contributed by atoms with Crippen LogP contribution in [0.15, 0.2) is 64.6 Å². The van der Waals surface area contributed by atoms with Crippen molar-refractivity contribution >= 4 is 40.6 Å². The van der Waals surface area contributed by atoms with Crippen LogP contribution in [0.1, 0.15) is 11.1 Å². The summed E-state index contributed by atoms with van der Waals surface area (Å²) in [5.41, 5.74) is 3.01. The van der Waals surface area contributed by atoms with Gasteiger partial charge < -0.3 is 4.84 Å². The van der Waals surface area contributed by atoms with Crippen molar-refractivity contribution in [3.8, 4) is 0 Å². The zero-order valence-electron chi connectivity index (χ0n) is 16.5. The third kappa shape index (κ3) is 4.80. The van der Waals surface area contributed by atoms with Gasteiger partial charge in [0, 0.05) is 16.1 Å². The number of anilines is 1. The Hall–Kier alpha value is -3.92. The number of nitrogens with zero attached hydrogens (tertiary/aromatic N) is 2. The minimum Gasteiger partial charge on any atom is -0.323 e. The van der Waals surface area contributed by atoms with Crippen LogP contribution in [0.5, 0.6) is 0 Å². The quantitative estimate of drug-likeness (QED) is 0.290. The van der Waals surface area contributed by atoms with E-state index >= 15 is 0 Å². The number of amides is 1. The average molecular weight is 477 g/mol. The maximum atomic E-state index is 14.4. The summed E-state index contributed by atoms with van der Waals surface area (Å²) < 4.78 is 54.5. The summed E-state index contributed by atoms with van der Waals surface area (Å²) in [6.07, 6.45) is -1.22. The van der Waals surface area contributed by atoms with Gasteiger partial charge in [0.15, 0.2) is 23.3 Å². The summed E-state index contributed by atoms with van der Waals surface area (Å²) in [7, 11) is 0. The molecule has 4 rings (SSSR count). The first-order chi connectivity index (χ1) is 15.8. The molecule has 3 aromatic rings. The molecule has 168 valence electrons. The van der Waals surface area contributed by atoms with Crippen LogP contribution in [0.2, 0.25) is 5.02 Å². The van der Waals surface area contributed by atoms with E-state index in [1.54, 1.807) is 36.4 Å². The van der Waals surface area contributed by atoms with Crippen molar-refractivity contribution in [2.75, 3.05) is 11.9 Å². The van der Waals surface area contributed by atoms with Gasteiger partial charge in [0.1, 0.15) is 12.4 Å². The van der Waals surface area contributed by atoms with Gasteiger partial charge in [-0.15, -0.1) is 0 Å². The number of fused-ring (bicyclic) bond motifs is 1. The van der Waals surface area contributed by atoms with Crippen molar-refractivity contribution in [3.05, 3.63) is 94.0 Å². The lowest BCUT2D eigenvalue weighted by molar-refractivity contribution is 0.134. The molecule has 1 heterocycles. The SMILES string of the molecule is O=C(Nc1ccc(F)c(F)c1F)ONC1=Nc2ccc(Cl)cc2C(c2ccccc2F)=NC1. The smallest absolute Gasteiger partial charge is 0.323 e. The van der Waals surface area contributed by atoms with Gasteiger partial charge in [0.05, 0.1) is 17.1 Å². The standard InChI is InChI=1S/C22H13ClF4N4O2/c23-11-5-7-16-13(9-11)21(12-3-1-2-4-14(12)24)28-10-18(29-16)31-33-22(32)30-17-8-6-15(25)19(26)20(17)27/h1-9H,10H2,(H,29,31)(H,30,32). The fourth-order valence-electron chi connectivity index (χ4n) is 3.02. The van der Waals surface area contributed by atoms with E-state index in [0.717, 1.165) is 6.07 Å². The van der Waals surface area contributed by atoms with Gasteiger partial charge in [0.25, 0.3) is 0 Å². The van der Waals surface area contributed by atoms with Crippen molar-refractivity contribution in [1.29, 1.82) is 0 Å². The normalized spacial score (nSPS) is 12.8. The van der Waals surface area contributed by atoms with E-state index in [2.05, 4.69) is 15.5 Å². The molecule has 0 aliphatic carbocycles. The van der Waals surface area contributed by atoms with Crippen LogP contribution in [0.25, 0.3) is 0 Å². The monoisotopic (exact) mass is 476 g/mol. The van der Waals surface area contributed by atoms with E-state index in [1.165, 1.54) is 6.07 Å². The second-order valence-corrected chi connectivity index (χ2v) is 7.14. The molecule has 0 spiro atoms. The van der Waals surface area contributed by atoms with Crippen LogP contribution < -0.4 is 10.8 Å². The van der Waals surface area contributed by atoms with Gasteiger partial charge in [-0.3, -0.25) is 10.3 Å². The van der Waals surface area contributed by atoms with E-state index in [4.69, 9.17) is 16.4 Å². The van der Waals surface area contributed by atoms with Crippen molar-refractivity contribution in [2.45, 2.75) is 0 Å². The summed E-state index contributed by atoms with van der Waals surface area (Å²) in [6, 6.07) is 12.3. The van der Waals surface area contributed by atoms with Crippen molar-refractivity contribution in [1.82, 2.24) is 5.48 Å². The highest BCUT2D eigenvalue weighted by molar-refractivity contribution is 6.31. The van der Waals surface area contributed by atoms with Gasteiger partial charge in [-0.2, -0.15) is 0 Å². The first-order valence-electron chi connectivity index (χ1n) is 9.37. The zero-order valence-corrected chi connectivity index (χ0v) is 17.3. The third-order valence-corrected chi connectivity index (χ3v) is 4.75. The molecule has 3 aromatic carbocycles. The van der Waals surface area contributed by atoms with Crippen molar-refractivity contribution in [3.63, 3.8) is 0 Å². The summed E-state index contributed by atoms with van der Waals surface area (Å²) in [5.74, 6) is -5.16. The molecule has 1 aliphatic rings. The number of hydroxylamine groups is 1. The molecule has 0 aromatic heterocycles. The largest absolute Gasteiger partial charge is 0.436 e. The third-order valence-electron chi connectivity index (χ3n) is 4.52. The van der Waals surface area contributed by atoms with Gasteiger partial charge in [-0.1, -0.05) is 23.7 Å². The maximum Gasteiger partial charge on any atom is 0.436 e. The zero-order chi connectivity index (χ0) is 23.5. The Labute approximate surface area is 189 Å². The summed E-state index contributed by atoms with van der Waals surface area (Å²) in [4.78, 5) is 25.5. The predicted molar refractivity (Wildman–Crippen MR) is 115 cm³/mol. The number of amidine groups is 1. The highest BCUT2D eigenvalue weighted by atomic mass is 35.5. The number of carbonyl (C=O) groups is 1. The highest BCUT2D eigenvalue weighted by Crippen LogP contribution is 2.29. The van der Waals surface area contributed by atoms with Gasteiger partial charge >= 0.3 is 6.09 Å². The first-order valence-corrected chi connectivity index (χ1v) is 9.75. The number of rotatable bonds is 2. The Morgan fingerprint density at radius 3 is 2.52 bits per heavy atom. The molecule has 0 bridgehead atoms. The molecule has 6 nitrogen and oxygen atoms in total. The summed E-state index contributed by atoms with van der Waals surface area (Å²) in [5, 5.41) is 2.32. The molecule has 1 amide bonds. The lowest BCUT2D eigenvalue weighted by atomic mass is 10.0. The van der Waals surface area contributed by atoms with Crippen LogP contribution in [0, 0.1) is 23.3 Å². The molecule has 2 N–H and O–H groups in total. The molecular weight excluding hydrogens is 464 g/mol. The van der Waals surface area contributed by atoms with E-state index in [0.29, 0.717) is 28.1 Å². The molecular formula is C22H13ClF4N4O2. The van der Waals surface area contributed by atoms with Crippen LogP contribution >= 0.6 is 11.6 Å². The van der Waals surface area contributed by atoms with Crippen molar-refractivity contribution < 1.29 is 27.2 Å². The van der Waals surface area contributed by atoms with Gasteiger partial charge in [0.2, 0.25) is 0 Å². The second-order valence-electron chi connectivity index (χ2n) is 6.70. The molecule has 0 atom stereocenters. The lowest BCUT2D eigenvalue weighted by Gasteiger charge is -2.10. The summed E-state index contributed by atoms with van der Waals surface area (Å²) >= 11 is 6.10. The van der Waals surface area contributed by atoms with Crippen molar-refractivity contribution in [2.24, 2.45) is 9.98 Å². The maximum absolute atomic E-state index is 14.4. The molecule has 33 heavy (non-hydrogen) atoms. The number of benzene rings is 3. The molecule has 11 heteroatoms. The summed E-state index contributed by atoms with van der Waals surface area (Å²) in [6.45, 7) is -0.136. The second kappa shape index (κ2) is 9.29. The fraction of sp³-hybridized carbons (Fsp3) is 0.0455. The Balaban J connectivity index is 1.55. The number of aliphatic imine (C=N–C) groups is 2. The molecule has 0 unspecified atom stereocenters. The Bertz CT molecular complexity index is 1310. The van der Waals surface area contributed by atoms with E-state index in [1.807, 2.05) is 5.32 Å². The number of halogens is 5.